The van der Waals surface area contributed by atoms with E-state index in [9.17, 15) is 13.2 Å². The number of hydrogen-bond donors (Lipinski definition) is 1. The normalized spacial score (nSPS) is 21.3. The van der Waals surface area contributed by atoms with Gasteiger partial charge in [-0.2, -0.15) is 4.31 Å². The maximum Gasteiger partial charge on any atom is 0.243 e. The van der Waals surface area contributed by atoms with Crippen LogP contribution in [-0.2, 0) is 14.8 Å². The number of ether oxygens (including phenoxy) is 1. The molecule has 3 rings (SSSR count). The van der Waals surface area contributed by atoms with Crippen molar-refractivity contribution in [1.82, 2.24) is 14.5 Å². The van der Waals surface area contributed by atoms with Gasteiger partial charge in [0.1, 0.15) is 5.75 Å². The smallest absolute Gasteiger partial charge is 0.243 e. The zero-order valence-corrected chi connectivity index (χ0v) is 16.5. The Morgan fingerprint density at radius 1 is 1.19 bits per heavy atom. The maximum atomic E-state index is 12.7. The van der Waals surface area contributed by atoms with E-state index < -0.39 is 10.0 Å². The lowest BCUT2D eigenvalue weighted by atomic mass is 10.1. The Labute approximate surface area is 161 Å². The predicted molar refractivity (Wildman–Crippen MR) is 101 cm³/mol. The first-order chi connectivity index (χ1) is 12.0. The first-order valence-electron chi connectivity index (χ1n) is 8.66. The van der Waals surface area contributed by atoms with Gasteiger partial charge in [0.05, 0.1) is 12.0 Å². The molecule has 0 aliphatic carbocycles. The summed E-state index contributed by atoms with van der Waals surface area (Å²) >= 11 is 0. The minimum Gasteiger partial charge on any atom is -0.497 e. The summed E-state index contributed by atoms with van der Waals surface area (Å²) in [5, 5.41) is 3.33. The Bertz CT molecular complexity index is 697. The van der Waals surface area contributed by atoms with Gasteiger partial charge in [0.2, 0.25) is 15.9 Å². The molecule has 26 heavy (non-hydrogen) atoms. The Hall–Kier alpha value is -1.35. The zero-order valence-electron chi connectivity index (χ0n) is 14.9. The quantitative estimate of drug-likeness (QED) is 0.796. The minimum absolute atomic E-state index is 0. The third-order valence-corrected chi connectivity index (χ3v) is 6.78. The Morgan fingerprint density at radius 3 is 2.38 bits per heavy atom. The number of benzene rings is 1. The van der Waals surface area contributed by atoms with Crippen LogP contribution in [0.1, 0.15) is 19.3 Å². The SMILES string of the molecule is COc1ccc(S(=O)(=O)N2CCN(C(=O)CC3CCCN3)CC2)cc1.Cl. The molecule has 2 saturated heterocycles. The number of hydrogen-bond acceptors (Lipinski definition) is 5. The van der Waals surface area contributed by atoms with Crippen LogP contribution >= 0.6 is 12.4 Å². The Balaban J connectivity index is 0.00000243. The van der Waals surface area contributed by atoms with Crippen molar-refractivity contribution in [2.75, 3.05) is 39.8 Å². The molecule has 0 saturated carbocycles. The average molecular weight is 404 g/mol. The van der Waals surface area contributed by atoms with E-state index in [1.807, 2.05) is 0 Å². The summed E-state index contributed by atoms with van der Waals surface area (Å²) in [4.78, 5) is 14.4. The maximum absolute atomic E-state index is 12.7. The van der Waals surface area contributed by atoms with Crippen molar-refractivity contribution in [3.05, 3.63) is 24.3 Å². The highest BCUT2D eigenvalue weighted by Crippen LogP contribution is 2.21. The van der Waals surface area contributed by atoms with E-state index in [-0.39, 0.29) is 29.3 Å². The van der Waals surface area contributed by atoms with E-state index in [0.717, 1.165) is 19.4 Å². The van der Waals surface area contributed by atoms with Crippen LogP contribution in [0.25, 0.3) is 0 Å². The van der Waals surface area contributed by atoms with E-state index in [4.69, 9.17) is 4.74 Å². The first-order valence-corrected chi connectivity index (χ1v) is 10.1. The standard InChI is InChI=1S/C17H25N3O4S.ClH/c1-24-15-4-6-16(7-5-15)25(22,23)20-11-9-19(10-12-20)17(21)13-14-3-2-8-18-14;/h4-7,14,18H,2-3,8-13H2,1H3;1H. The highest BCUT2D eigenvalue weighted by Gasteiger charge is 2.31. The van der Waals surface area contributed by atoms with E-state index in [0.29, 0.717) is 38.3 Å². The predicted octanol–water partition coefficient (Wildman–Crippen LogP) is 1.09. The highest BCUT2D eigenvalue weighted by molar-refractivity contribution is 7.89. The van der Waals surface area contributed by atoms with Gasteiger partial charge in [-0.1, -0.05) is 0 Å². The number of halogens is 1. The summed E-state index contributed by atoms with van der Waals surface area (Å²) in [6.45, 7) is 2.53. The van der Waals surface area contributed by atoms with Crippen LogP contribution in [0.5, 0.6) is 5.75 Å². The molecule has 1 unspecified atom stereocenters. The summed E-state index contributed by atoms with van der Waals surface area (Å²) in [6, 6.07) is 6.66. The molecule has 7 nitrogen and oxygen atoms in total. The molecule has 2 aliphatic rings. The van der Waals surface area contributed by atoms with Crippen LogP contribution in [0, 0.1) is 0 Å². The first kappa shape index (κ1) is 21.0. The van der Waals surface area contributed by atoms with Crippen LogP contribution in [0.2, 0.25) is 0 Å². The molecule has 2 aliphatic heterocycles. The van der Waals surface area contributed by atoms with Crippen molar-refractivity contribution in [3.8, 4) is 5.75 Å². The van der Waals surface area contributed by atoms with E-state index >= 15 is 0 Å². The van der Waals surface area contributed by atoms with Crippen LogP contribution in [0.15, 0.2) is 29.2 Å². The molecule has 1 N–H and O–H groups in total. The van der Waals surface area contributed by atoms with Gasteiger partial charge in [-0.25, -0.2) is 8.42 Å². The molecular weight excluding hydrogens is 378 g/mol. The van der Waals surface area contributed by atoms with Gasteiger partial charge in [0.15, 0.2) is 0 Å². The van der Waals surface area contributed by atoms with Gasteiger partial charge < -0.3 is 15.0 Å². The average Bonchev–Trinajstić information content (AvgIpc) is 3.15. The molecule has 0 radical (unpaired) electrons. The Morgan fingerprint density at radius 2 is 1.85 bits per heavy atom. The van der Waals surface area contributed by atoms with E-state index in [2.05, 4.69) is 5.32 Å². The summed E-state index contributed by atoms with van der Waals surface area (Å²) in [5.41, 5.74) is 0. The van der Waals surface area contributed by atoms with Gasteiger partial charge >= 0.3 is 0 Å². The number of nitrogens with zero attached hydrogens (tertiary/aromatic N) is 2. The van der Waals surface area contributed by atoms with Gasteiger partial charge in [-0.15, -0.1) is 12.4 Å². The van der Waals surface area contributed by atoms with Crippen LogP contribution in [0.4, 0.5) is 0 Å². The fourth-order valence-electron chi connectivity index (χ4n) is 3.35. The molecule has 1 atom stereocenters. The van der Waals surface area contributed by atoms with Crippen LogP contribution < -0.4 is 10.1 Å². The number of carbonyl (C=O) groups excluding carboxylic acids is 1. The van der Waals surface area contributed by atoms with Crippen molar-refractivity contribution in [3.63, 3.8) is 0 Å². The lowest BCUT2D eigenvalue weighted by Crippen LogP contribution is -2.51. The number of amides is 1. The van der Waals surface area contributed by atoms with Crippen molar-refractivity contribution in [1.29, 1.82) is 0 Å². The lowest BCUT2D eigenvalue weighted by molar-refractivity contribution is -0.132. The number of rotatable bonds is 5. The summed E-state index contributed by atoms with van der Waals surface area (Å²) < 4.78 is 31.9. The fourth-order valence-corrected chi connectivity index (χ4v) is 4.77. The number of sulfonamides is 1. The second-order valence-corrected chi connectivity index (χ2v) is 8.40. The molecule has 2 fully saturated rings. The van der Waals surface area contributed by atoms with Gasteiger partial charge in [0, 0.05) is 38.6 Å². The molecule has 1 aromatic carbocycles. The van der Waals surface area contributed by atoms with Gasteiger partial charge in [-0.3, -0.25) is 4.79 Å². The van der Waals surface area contributed by atoms with E-state index in [1.54, 1.807) is 36.3 Å². The fraction of sp³-hybridized carbons (Fsp3) is 0.588. The monoisotopic (exact) mass is 403 g/mol. The minimum atomic E-state index is -3.53. The van der Waals surface area contributed by atoms with Crippen molar-refractivity contribution in [2.45, 2.75) is 30.2 Å². The van der Waals surface area contributed by atoms with E-state index in [1.165, 1.54) is 4.31 Å². The largest absolute Gasteiger partial charge is 0.497 e. The molecule has 1 aromatic rings. The third-order valence-electron chi connectivity index (χ3n) is 4.87. The molecule has 2 heterocycles. The zero-order chi connectivity index (χ0) is 17.9. The van der Waals surface area contributed by atoms with Crippen LogP contribution in [0.3, 0.4) is 0 Å². The molecule has 146 valence electrons. The van der Waals surface area contributed by atoms with Crippen LogP contribution in [-0.4, -0.2) is 69.4 Å². The van der Waals surface area contributed by atoms with Gasteiger partial charge in [-0.05, 0) is 43.7 Å². The molecule has 0 spiro atoms. The molecule has 0 aromatic heterocycles. The number of piperazine rings is 1. The number of nitrogens with one attached hydrogen (secondary N) is 1. The van der Waals surface area contributed by atoms with Crippen molar-refractivity contribution in [2.24, 2.45) is 0 Å². The van der Waals surface area contributed by atoms with Crippen molar-refractivity contribution >= 4 is 28.3 Å². The van der Waals surface area contributed by atoms with Gasteiger partial charge in [0.25, 0.3) is 0 Å². The summed E-state index contributed by atoms with van der Waals surface area (Å²) in [7, 11) is -1.99. The summed E-state index contributed by atoms with van der Waals surface area (Å²) in [5.74, 6) is 0.732. The number of carbonyl (C=O) groups is 1. The molecule has 1 amide bonds. The topological polar surface area (TPSA) is 79.0 Å². The molecule has 0 bridgehead atoms. The summed E-state index contributed by atoms with van der Waals surface area (Å²) in [6.07, 6.45) is 2.66. The lowest BCUT2D eigenvalue weighted by Gasteiger charge is -2.34. The Kier molecular flexibility index (Phi) is 7.28. The highest BCUT2D eigenvalue weighted by atomic mass is 35.5. The third kappa shape index (κ3) is 4.68. The second-order valence-electron chi connectivity index (χ2n) is 6.46. The molecule has 9 heteroatoms. The number of methoxy groups -OCH3 is 1. The van der Waals surface area contributed by atoms with Crippen molar-refractivity contribution < 1.29 is 17.9 Å². The second kappa shape index (κ2) is 9.03. The molecular formula is C17H26ClN3O4S.